The third-order valence-electron chi connectivity index (χ3n) is 5.74. The number of hydrogen-bond donors (Lipinski definition) is 1. The molecule has 4 fully saturated rings. The van der Waals surface area contributed by atoms with Gasteiger partial charge in [-0.3, -0.25) is 4.98 Å². The van der Waals surface area contributed by atoms with Crippen LogP contribution in [0.5, 0.6) is 0 Å². The quantitative estimate of drug-likeness (QED) is 0.866. The van der Waals surface area contributed by atoms with Crippen LogP contribution in [0, 0.1) is 17.8 Å². The van der Waals surface area contributed by atoms with Gasteiger partial charge in [-0.25, -0.2) is 0 Å². The van der Waals surface area contributed by atoms with Crippen LogP contribution in [0.3, 0.4) is 0 Å². The molecule has 0 atom stereocenters. The molecule has 0 radical (unpaired) electrons. The number of pyridine rings is 1. The second kappa shape index (κ2) is 3.80. The van der Waals surface area contributed by atoms with Crippen molar-refractivity contribution < 1.29 is 0 Å². The lowest BCUT2D eigenvalue weighted by Crippen LogP contribution is -2.49. The van der Waals surface area contributed by atoms with Gasteiger partial charge in [0.15, 0.2) is 0 Å². The highest BCUT2D eigenvalue weighted by Crippen LogP contribution is 2.60. The second-order valence-corrected chi connectivity index (χ2v) is 6.93. The third-order valence-corrected chi connectivity index (χ3v) is 5.74. The third kappa shape index (κ3) is 1.48. The van der Waals surface area contributed by atoms with Gasteiger partial charge in [0, 0.05) is 18.9 Å². The molecule has 2 nitrogen and oxygen atoms in total. The van der Waals surface area contributed by atoms with Crippen molar-refractivity contribution in [3.8, 4) is 0 Å². The Kier molecular flexibility index (Phi) is 2.32. The fourth-order valence-corrected chi connectivity index (χ4v) is 5.52. The normalized spacial score (nSPS) is 41.3. The topological polar surface area (TPSA) is 38.9 Å². The largest absolute Gasteiger partial charge is 0.326 e. The predicted octanol–water partition coefficient (Wildman–Crippen LogP) is 3.01. The Morgan fingerprint density at radius 2 is 1.72 bits per heavy atom. The maximum absolute atomic E-state index is 5.94. The van der Waals surface area contributed by atoms with E-state index in [0.717, 1.165) is 17.8 Å². The van der Waals surface area contributed by atoms with E-state index in [9.17, 15) is 0 Å². The number of hydrogen-bond acceptors (Lipinski definition) is 2. The molecule has 5 rings (SSSR count). The highest BCUT2D eigenvalue weighted by atomic mass is 14.7. The van der Waals surface area contributed by atoms with Gasteiger partial charge in [0.2, 0.25) is 0 Å². The maximum Gasteiger partial charge on any atom is 0.0308 e. The molecular weight excluding hydrogens is 220 g/mol. The molecule has 1 heterocycles. The van der Waals surface area contributed by atoms with Crippen molar-refractivity contribution in [1.29, 1.82) is 0 Å². The molecule has 0 saturated heterocycles. The van der Waals surface area contributed by atoms with E-state index in [1.807, 2.05) is 6.20 Å². The van der Waals surface area contributed by atoms with Gasteiger partial charge in [0.05, 0.1) is 0 Å². The molecule has 4 bridgehead atoms. The van der Waals surface area contributed by atoms with Crippen molar-refractivity contribution in [2.24, 2.45) is 23.5 Å². The van der Waals surface area contributed by atoms with Crippen molar-refractivity contribution in [3.63, 3.8) is 0 Å². The molecule has 1 aromatic heterocycles. The van der Waals surface area contributed by atoms with Crippen molar-refractivity contribution in [2.45, 2.75) is 50.5 Å². The van der Waals surface area contributed by atoms with E-state index in [1.165, 1.54) is 49.7 Å². The van der Waals surface area contributed by atoms with E-state index < -0.39 is 0 Å². The van der Waals surface area contributed by atoms with Crippen LogP contribution in [-0.2, 0) is 12.0 Å². The number of aromatic nitrogens is 1. The minimum atomic E-state index is 0.442. The maximum atomic E-state index is 5.94. The van der Waals surface area contributed by atoms with Crippen LogP contribution in [0.15, 0.2) is 18.5 Å². The van der Waals surface area contributed by atoms with Crippen LogP contribution in [0.25, 0.3) is 0 Å². The first-order valence-corrected chi connectivity index (χ1v) is 7.42. The summed E-state index contributed by atoms with van der Waals surface area (Å²) in [6.45, 7) is 0.666. The molecule has 2 heteroatoms. The summed E-state index contributed by atoms with van der Waals surface area (Å²) in [5.74, 6) is 2.96. The van der Waals surface area contributed by atoms with Crippen LogP contribution in [0.2, 0.25) is 0 Å². The molecule has 4 saturated carbocycles. The van der Waals surface area contributed by atoms with Crippen LogP contribution in [0.4, 0.5) is 0 Å². The van der Waals surface area contributed by atoms with Crippen molar-refractivity contribution in [2.75, 3.05) is 0 Å². The zero-order chi connectivity index (χ0) is 12.2. The zero-order valence-electron chi connectivity index (χ0n) is 10.9. The van der Waals surface area contributed by atoms with Gasteiger partial charge in [-0.15, -0.1) is 0 Å². The first kappa shape index (κ1) is 11.0. The van der Waals surface area contributed by atoms with E-state index in [1.54, 1.807) is 0 Å². The lowest BCUT2D eigenvalue weighted by Gasteiger charge is -2.57. The van der Waals surface area contributed by atoms with Crippen LogP contribution in [-0.4, -0.2) is 4.98 Å². The molecule has 4 aliphatic carbocycles. The zero-order valence-corrected chi connectivity index (χ0v) is 10.9. The molecule has 0 spiro atoms. The van der Waals surface area contributed by atoms with Gasteiger partial charge in [-0.2, -0.15) is 0 Å². The van der Waals surface area contributed by atoms with Gasteiger partial charge < -0.3 is 5.73 Å². The standard InChI is InChI=1S/C16H22N2/c17-9-14-1-2-18-10-15(14)16-6-11-3-12(7-16)5-13(4-11)8-16/h1-2,10-13H,3-9,17H2. The fraction of sp³-hybridized carbons (Fsp3) is 0.688. The predicted molar refractivity (Wildman–Crippen MR) is 72.0 cm³/mol. The number of nitrogens with two attached hydrogens (primary N) is 1. The Balaban J connectivity index is 1.79. The summed E-state index contributed by atoms with van der Waals surface area (Å²) in [4.78, 5) is 4.39. The van der Waals surface area contributed by atoms with E-state index in [0.29, 0.717) is 12.0 Å². The molecule has 0 amide bonds. The van der Waals surface area contributed by atoms with Crippen LogP contribution in [0.1, 0.15) is 49.7 Å². The number of rotatable bonds is 2. The first-order chi connectivity index (χ1) is 8.79. The van der Waals surface area contributed by atoms with Gasteiger partial charge in [-0.1, -0.05) is 0 Å². The lowest BCUT2D eigenvalue weighted by molar-refractivity contribution is -0.00572. The molecule has 1 aromatic rings. The van der Waals surface area contributed by atoms with Crippen LogP contribution >= 0.6 is 0 Å². The molecule has 18 heavy (non-hydrogen) atoms. The fourth-order valence-electron chi connectivity index (χ4n) is 5.52. The van der Waals surface area contributed by atoms with Crippen molar-refractivity contribution >= 4 is 0 Å². The Morgan fingerprint density at radius 3 is 2.28 bits per heavy atom. The van der Waals surface area contributed by atoms with Crippen molar-refractivity contribution in [3.05, 3.63) is 29.6 Å². The number of nitrogens with zero attached hydrogens (tertiary/aromatic N) is 1. The monoisotopic (exact) mass is 242 g/mol. The van der Waals surface area contributed by atoms with E-state index in [4.69, 9.17) is 5.73 Å². The molecule has 96 valence electrons. The van der Waals surface area contributed by atoms with Crippen LogP contribution < -0.4 is 5.73 Å². The van der Waals surface area contributed by atoms with E-state index >= 15 is 0 Å². The lowest BCUT2D eigenvalue weighted by atomic mass is 9.48. The molecule has 2 N–H and O–H groups in total. The summed E-state index contributed by atoms with van der Waals surface area (Å²) in [5.41, 5.74) is 9.22. The average Bonchev–Trinajstić information content (AvgIpc) is 2.37. The summed E-state index contributed by atoms with van der Waals surface area (Å²) in [7, 11) is 0. The smallest absolute Gasteiger partial charge is 0.0308 e. The highest BCUT2D eigenvalue weighted by molar-refractivity contribution is 5.34. The summed E-state index contributed by atoms with van der Waals surface area (Å²) >= 11 is 0. The molecule has 0 aromatic carbocycles. The summed E-state index contributed by atoms with van der Waals surface area (Å²) in [6.07, 6.45) is 12.7. The molecule has 0 unspecified atom stereocenters. The van der Waals surface area contributed by atoms with E-state index in [-0.39, 0.29) is 0 Å². The van der Waals surface area contributed by atoms with Gasteiger partial charge >= 0.3 is 0 Å². The Morgan fingerprint density at radius 1 is 1.11 bits per heavy atom. The minimum absolute atomic E-state index is 0.442. The highest BCUT2D eigenvalue weighted by Gasteiger charge is 2.52. The molecule has 0 aliphatic heterocycles. The van der Waals surface area contributed by atoms with Gasteiger partial charge in [0.25, 0.3) is 0 Å². The average molecular weight is 242 g/mol. The second-order valence-electron chi connectivity index (χ2n) is 6.93. The molecular formula is C16H22N2. The van der Waals surface area contributed by atoms with Crippen molar-refractivity contribution in [1.82, 2.24) is 4.98 Å². The summed E-state index contributed by atoms with van der Waals surface area (Å²) < 4.78 is 0. The molecule has 4 aliphatic rings. The Labute approximate surface area is 109 Å². The summed E-state index contributed by atoms with van der Waals surface area (Å²) in [5, 5.41) is 0. The minimum Gasteiger partial charge on any atom is -0.326 e. The Hall–Kier alpha value is -0.890. The SMILES string of the molecule is NCc1ccncc1C12CC3CC(CC(C3)C1)C2. The first-order valence-electron chi connectivity index (χ1n) is 7.42. The summed E-state index contributed by atoms with van der Waals surface area (Å²) in [6, 6.07) is 2.13. The van der Waals surface area contributed by atoms with Gasteiger partial charge in [-0.05, 0) is 78.9 Å². The Bertz CT molecular complexity index is 431. The van der Waals surface area contributed by atoms with Gasteiger partial charge in [0.1, 0.15) is 0 Å². The van der Waals surface area contributed by atoms with E-state index in [2.05, 4.69) is 17.2 Å².